The maximum Gasteiger partial charge on any atom is 0.273 e. The average Bonchev–Trinajstić information content (AvgIpc) is 2.91. The van der Waals surface area contributed by atoms with Crippen molar-refractivity contribution in [3.63, 3.8) is 0 Å². The Labute approximate surface area is 119 Å². The van der Waals surface area contributed by atoms with E-state index in [0.29, 0.717) is 17.4 Å². The van der Waals surface area contributed by atoms with E-state index in [-0.39, 0.29) is 5.69 Å². The van der Waals surface area contributed by atoms with Crippen LogP contribution in [-0.2, 0) is 0 Å². The van der Waals surface area contributed by atoms with E-state index in [2.05, 4.69) is 17.3 Å². The molecule has 0 heterocycles. The van der Waals surface area contributed by atoms with Crippen LogP contribution < -0.4 is 11.1 Å². The molecule has 1 aliphatic carbocycles. The molecule has 6 heteroatoms. The molecule has 0 bridgehead atoms. The SMILES string of the molecule is CN(CCNc1cc(N)cc([N+](=O)[O-])c1)C1CCCC1. The highest BCUT2D eigenvalue weighted by molar-refractivity contribution is 5.61. The van der Waals surface area contributed by atoms with Gasteiger partial charge in [0.15, 0.2) is 0 Å². The number of nitro benzene ring substituents is 1. The Morgan fingerprint density at radius 2 is 2.10 bits per heavy atom. The molecule has 6 nitrogen and oxygen atoms in total. The molecule has 2 rings (SSSR count). The van der Waals surface area contributed by atoms with Crippen LogP contribution in [0.1, 0.15) is 25.7 Å². The summed E-state index contributed by atoms with van der Waals surface area (Å²) in [7, 11) is 2.14. The van der Waals surface area contributed by atoms with E-state index in [1.165, 1.54) is 37.8 Å². The summed E-state index contributed by atoms with van der Waals surface area (Å²) in [5, 5.41) is 14.0. The van der Waals surface area contributed by atoms with Crippen molar-refractivity contribution in [1.82, 2.24) is 4.90 Å². The lowest BCUT2D eigenvalue weighted by molar-refractivity contribution is -0.384. The molecule has 0 aliphatic heterocycles. The second-order valence-corrected chi connectivity index (χ2v) is 5.42. The Hall–Kier alpha value is -1.82. The minimum atomic E-state index is -0.424. The minimum absolute atomic E-state index is 0.0247. The fraction of sp³-hybridized carbons (Fsp3) is 0.571. The molecule has 1 fully saturated rings. The molecule has 0 atom stereocenters. The van der Waals surface area contributed by atoms with E-state index >= 15 is 0 Å². The summed E-state index contributed by atoms with van der Waals surface area (Å²) in [5.74, 6) is 0. The van der Waals surface area contributed by atoms with Gasteiger partial charge in [0.05, 0.1) is 4.92 Å². The maximum absolute atomic E-state index is 10.8. The zero-order chi connectivity index (χ0) is 14.5. The van der Waals surface area contributed by atoms with Gasteiger partial charge in [0.1, 0.15) is 0 Å². The summed E-state index contributed by atoms with van der Waals surface area (Å²) in [6.45, 7) is 1.68. The van der Waals surface area contributed by atoms with Crippen molar-refractivity contribution < 1.29 is 4.92 Å². The van der Waals surface area contributed by atoms with Crippen molar-refractivity contribution in [3.8, 4) is 0 Å². The van der Waals surface area contributed by atoms with Gasteiger partial charge in [-0.25, -0.2) is 0 Å². The topological polar surface area (TPSA) is 84.4 Å². The van der Waals surface area contributed by atoms with E-state index in [9.17, 15) is 10.1 Å². The molecule has 0 radical (unpaired) electrons. The Morgan fingerprint density at radius 3 is 2.75 bits per heavy atom. The molecule has 0 spiro atoms. The molecule has 20 heavy (non-hydrogen) atoms. The van der Waals surface area contributed by atoms with Crippen LogP contribution in [0.4, 0.5) is 17.1 Å². The van der Waals surface area contributed by atoms with Gasteiger partial charge in [0, 0.05) is 42.6 Å². The van der Waals surface area contributed by atoms with Crippen LogP contribution in [0.2, 0.25) is 0 Å². The van der Waals surface area contributed by atoms with Crippen molar-refractivity contribution in [2.45, 2.75) is 31.7 Å². The van der Waals surface area contributed by atoms with Gasteiger partial charge < -0.3 is 16.0 Å². The number of non-ortho nitro benzene ring substituents is 1. The molecular weight excluding hydrogens is 256 g/mol. The van der Waals surface area contributed by atoms with E-state index in [1.807, 2.05) is 0 Å². The first-order valence-electron chi connectivity index (χ1n) is 7.05. The number of nitro groups is 1. The number of anilines is 2. The monoisotopic (exact) mass is 278 g/mol. The average molecular weight is 278 g/mol. The van der Waals surface area contributed by atoms with Crippen molar-refractivity contribution in [1.29, 1.82) is 0 Å². The first-order valence-corrected chi connectivity index (χ1v) is 7.05. The van der Waals surface area contributed by atoms with Crippen LogP contribution in [-0.4, -0.2) is 36.0 Å². The second-order valence-electron chi connectivity index (χ2n) is 5.42. The molecule has 3 N–H and O–H groups in total. The van der Waals surface area contributed by atoms with E-state index in [0.717, 1.165) is 13.1 Å². The molecule has 1 aliphatic rings. The molecule has 1 aromatic rings. The molecular formula is C14H22N4O2. The smallest absolute Gasteiger partial charge is 0.273 e. The first kappa shape index (κ1) is 14.6. The normalized spacial score (nSPS) is 15.7. The summed E-state index contributed by atoms with van der Waals surface area (Å²) in [4.78, 5) is 12.7. The minimum Gasteiger partial charge on any atom is -0.398 e. The van der Waals surface area contributed by atoms with Crippen LogP contribution in [0.15, 0.2) is 18.2 Å². The number of benzene rings is 1. The molecule has 0 amide bonds. The predicted molar refractivity (Wildman–Crippen MR) is 80.9 cm³/mol. The lowest BCUT2D eigenvalue weighted by atomic mass is 10.2. The third-order valence-corrected chi connectivity index (χ3v) is 3.89. The summed E-state index contributed by atoms with van der Waals surface area (Å²) in [6, 6.07) is 5.30. The highest BCUT2D eigenvalue weighted by Gasteiger charge is 2.18. The second kappa shape index (κ2) is 6.56. The van der Waals surface area contributed by atoms with Gasteiger partial charge in [-0.1, -0.05) is 12.8 Å². The molecule has 110 valence electrons. The third kappa shape index (κ3) is 3.84. The standard InChI is InChI=1S/C14H22N4O2/c1-17(13-4-2-3-5-13)7-6-16-12-8-11(15)9-14(10-12)18(19)20/h8-10,13,16H,2-7,15H2,1H3. The molecule has 1 saturated carbocycles. The quantitative estimate of drug-likeness (QED) is 0.474. The number of rotatable bonds is 6. The van der Waals surface area contributed by atoms with Gasteiger partial charge in [0.25, 0.3) is 5.69 Å². The number of nitrogens with one attached hydrogen (secondary N) is 1. The fourth-order valence-electron chi connectivity index (χ4n) is 2.75. The summed E-state index contributed by atoms with van der Waals surface area (Å²) >= 11 is 0. The molecule has 0 unspecified atom stereocenters. The Kier molecular flexibility index (Phi) is 4.79. The van der Waals surface area contributed by atoms with E-state index < -0.39 is 4.92 Å². The van der Waals surface area contributed by atoms with E-state index in [1.54, 1.807) is 6.07 Å². The number of hydrogen-bond acceptors (Lipinski definition) is 5. The van der Waals surface area contributed by atoms with Gasteiger partial charge in [-0.05, 0) is 26.0 Å². The third-order valence-electron chi connectivity index (χ3n) is 3.89. The summed E-state index contributed by atoms with van der Waals surface area (Å²) < 4.78 is 0. The van der Waals surface area contributed by atoms with Gasteiger partial charge in [-0.15, -0.1) is 0 Å². The molecule has 1 aromatic carbocycles. The highest BCUT2D eigenvalue weighted by atomic mass is 16.6. The fourth-order valence-corrected chi connectivity index (χ4v) is 2.75. The van der Waals surface area contributed by atoms with Crippen LogP contribution in [0.25, 0.3) is 0 Å². The number of nitrogens with zero attached hydrogens (tertiary/aromatic N) is 2. The Balaban J connectivity index is 1.85. The van der Waals surface area contributed by atoms with Crippen LogP contribution in [0, 0.1) is 10.1 Å². The summed E-state index contributed by atoms with van der Waals surface area (Å²) in [6.07, 6.45) is 5.20. The van der Waals surface area contributed by atoms with Crippen molar-refractivity contribution in [3.05, 3.63) is 28.3 Å². The predicted octanol–water partition coefficient (Wildman–Crippen LogP) is 2.46. The van der Waals surface area contributed by atoms with E-state index in [4.69, 9.17) is 5.73 Å². The van der Waals surface area contributed by atoms with Crippen molar-refractivity contribution >= 4 is 17.1 Å². The zero-order valence-corrected chi connectivity index (χ0v) is 11.8. The zero-order valence-electron chi connectivity index (χ0n) is 11.8. The van der Waals surface area contributed by atoms with Crippen molar-refractivity contribution in [2.75, 3.05) is 31.2 Å². The van der Waals surface area contributed by atoms with Crippen LogP contribution >= 0.6 is 0 Å². The van der Waals surface area contributed by atoms with Crippen LogP contribution in [0.3, 0.4) is 0 Å². The lowest BCUT2D eigenvalue weighted by Gasteiger charge is -2.24. The van der Waals surface area contributed by atoms with Crippen molar-refractivity contribution in [2.24, 2.45) is 0 Å². The number of likely N-dealkylation sites (N-methyl/N-ethyl adjacent to an activating group) is 1. The number of nitrogens with two attached hydrogens (primary N) is 1. The van der Waals surface area contributed by atoms with Gasteiger partial charge in [0.2, 0.25) is 0 Å². The number of nitrogen functional groups attached to an aromatic ring is 1. The lowest BCUT2D eigenvalue weighted by Crippen LogP contribution is -2.33. The highest BCUT2D eigenvalue weighted by Crippen LogP contribution is 2.23. The largest absolute Gasteiger partial charge is 0.398 e. The maximum atomic E-state index is 10.8. The van der Waals surface area contributed by atoms with Crippen LogP contribution in [0.5, 0.6) is 0 Å². The van der Waals surface area contributed by atoms with Gasteiger partial charge >= 0.3 is 0 Å². The summed E-state index contributed by atoms with van der Waals surface area (Å²) in [5.41, 5.74) is 6.81. The molecule has 0 aromatic heterocycles. The van der Waals surface area contributed by atoms with Gasteiger partial charge in [-0.3, -0.25) is 10.1 Å². The first-order chi connectivity index (χ1) is 9.56. The molecule has 0 saturated heterocycles. The number of hydrogen-bond donors (Lipinski definition) is 2. The Morgan fingerprint density at radius 1 is 1.40 bits per heavy atom. The van der Waals surface area contributed by atoms with Gasteiger partial charge in [-0.2, -0.15) is 0 Å². The Bertz CT molecular complexity index is 472.